The molecule has 0 atom stereocenters. The van der Waals surface area contributed by atoms with Gasteiger partial charge in [0.1, 0.15) is 5.75 Å². The van der Waals surface area contributed by atoms with E-state index in [0.29, 0.717) is 17.4 Å². The van der Waals surface area contributed by atoms with Crippen molar-refractivity contribution in [3.8, 4) is 5.75 Å². The number of hydrogen-bond acceptors (Lipinski definition) is 3. The fourth-order valence-corrected chi connectivity index (χ4v) is 1.73. The predicted molar refractivity (Wildman–Crippen MR) is 79.0 cm³/mol. The molecule has 1 aromatic carbocycles. The normalized spacial score (nSPS) is 9.63. The number of hydrogen-bond donors (Lipinski definition) is 3. The van der Waals surface area contributed by atoms with Gasteiger partial charge in [-0.3, -0.25) is 15.6 Å². The first kappa shape index (κ1) is 15.2. The molecule has 0 aliphatic rings. The third-order valence-corrected chi connectivity index (χ3v) is 2.46. The van der Waals surface area contributed by atoms with Crippen LogP contribution in [-0.2, 0) is 4.79 Å². The molecule has 0 unspecified atom stereocenters. The van der Waals surface area contributed by atoms with E-state index in [2.05, 4.69) is 16.2 Å². The van der Waals surface area contributed by atoms with Gasteiger partial charge in [-0.05, 0) is 56.2 Å². The quantitative estimate of drug-likeness (QED) is 0.572. The van der Waals surface area contributed by atoms with Crippen molar-refractivity contribution >= 4 is 23.2 Å². The molecule has 0 saturated carbocycles. The van der Waals surface area contributed by atoms with Crippen molar-refractivity contribution < 1.29 is 9.53 Å². The molecule has 0 heterocycles. The van der Waals surface area contributed by atoms with Gasteiger partial charge in [0.15, 0.2) is 11.7 Å². The van der Waals surface area contributed by atoms with Crippen LogP contribution in [0.1, 0.15) is 18.1 Å². The molecule has 6 heteroatoms. The van der Waals surface area contributed by atoms with Crippen LogP contribution in [0.3, 0.4) is 0 Å². The molecule has 0 radical (unpaired) electrons. The lowest BCUT2D eigenvalue weighted by atomic mass is 10.1. The third-order valence-electron chi connectivity index (χ3n) is 2.22. The van der Waals surface area contributed by atoms with Crippen LogP contribution in [-0.4, -0.2) is 24.2 Å². The zero-order valence-electron chi connectivity index (χ0n) is 11.4. The summed E-state index contributed by atoms with van der Waals surface area (Å²) >= 11 is 4.91. The molecule has 1 aromatic rings. The van der Waals surface area contributed by atoms with E-state index in [9.17, 15) is 4.79 Å². The minimum atomic E-state index is -0.292. The summed E-state index contributed by atoms with van der Waals surface area (Å²) in [6.45, 7) is 6.51. The average Bonchev–Trinajstić information content (AvgIpc) is 2.33. The summed E-state index contributed by atoms with van der Waals surface area (Å²) < 4.78 is 5.41. The summed E-state index contributed by atoms with van der Waals surface area (Å²) in [6.07, 6.45) is 0. The van der Waals surface area contributed by atoms with Gasteiger partial charge in [0.25, 0.3) is 5.91 Å². The van der Waals surface area contributed by atoms with Gasteiger partial charge in [-0.15, -0.1) is 0 Å². The Labute approximate surface area is 118 Å². The zero-order valence-corrected chi connectivity index (χ0v) is 12.2. The number of benzene rings is 1. The number of thiocarbonyl (C=S) groups is 1. The van der Waals surface area contributed by atoms with Crippen molar-refractivity contribution in [2.75, 3.05) is 13.2 Å². The zero-order chi connectivity index (χ0) is 14.3. The van der Waals surface area contributed by atoms with Gasteiger partial charge in [-0.2, -0.15) is 0 Å². The molecule has 0 aromatic heterocycles. The number of ether oxygens (including phenoxy) is 1. The summed E-state index contributed by atoms with van der Waals surface area (Å²) in [6, 6.07) is 5.82. The molecular weight excluding hydrogens is 262 g/mol. The van der Waals surface area contributed by atoms with Crippen LogP contribution in [0.15, 0.2) is 18.2 Å². The molecule has 0 saturated heterocycles. The number of carbonyl (C=O) groups is 1. The lowest BCUT2D eigenvalue weighted by Crippen LogP contribution is -2.48. The Hall–Kier alpha value is -1.82. The van der Waals surface area contributed by atoms with E-state index in [1.807, 2.05) is 39.0 Å². The van der Waals surface area contributed by atoms with E-state index < -0.39 is 0 Å². The standard InChI is InChI=1S/C13H19N3O2S/c1-4-14-13(19)16-15-12(17)8-18-11-6-9(2)5-10(3)7-11/h5-7H,4,8H2,1-3H3,(H,15,17)(H2,14,16,19). The van der Waals surface area contributed by atoms with E-state index in [4.69, 9.17) is 17.0 Å². The van der Waals surface area contributed by atoms with Crippen molar-refractivity contribution in [1.82, 2.24) is 16.2 Å². The predicted octanol–water partition coefficient (Wildman–Crippen LogP) is 1.20. The lowest BCUT2D eigenvalue weighted by molar-refractivity contribution is -0.123. The molecule has 0 fully saturated rings. The maximum absolute atomic E-state index is 11.5. The third kappa shape index (κ3) is 6.05. The van der Waals surface area contributed by atoms with Crippen LogP contribution >= 0.6 is 12.2 Å². The maximum atomic E-state index is 11.5. The average molecular weight is 281 g/mol. The first-order chi connectivity index (χ1) is 9.01. The van der Waals surface area contributed by atoms with Crippen LogP contribution in [0, 0.1) is 13.8 Å². The van der Waals surface area contributed by atoms with Crippen LogP contribution in [0.25, 0.3) is 0 Å². The highest BCUT2D eigenvalue weighted by Crippen LogP contribution is 2.15. The fraction of sp³-hybridized carbons (Fsp3) is 0.385. The summed E-state index contributed by atoms with van der Waals surface area (Å²) in [4.78, 5) is 11.5. The van der Waals surface area contributed by atoms with E-state index in [1.54, 1.807) is 0 Å². The van der Waals surface area contributed by atoms with Gasteiger partial charge in [0.2, 0.25) is 0 Å². The van der Waals surface area contributed by atoms with Crippen molar-refractivity contribution in [3.63, 3.8) is 0 Å². The molecule has 1 rings (SSSR count). The van der Waals surface area contributed by atoms with E-state index in [1.165, 1.54) is 0 Å². The molecule has 3 N–H and O–H groups in total. The Morgan fingerprint density at radius 1 is 1.21 bits per heavy atom. The first-order valence-corrected chi connectivity index (χ1v) is 6.46. The second-order valence-corrected chi connectivity index (χ2v) is 4.55. The Kier molecular flexibility index (Phi) is 6.08. The first-order valence-electron chi connectivity index (χ1n) is 6.05. The number of amides is 1. The Morgan fingerprint density at radius 2 is 1.84 bits per heavy atom. The highest BCUT2D eigenvalue weighted by Gasteiger charge is 2.03. The highest BCUT2D eigenvalue weighted by molar-refractivity contribution is 7.80. The van der Waals surface area contributed by atoms with Crippen LogP contribution < -0.4 is 20.9 Å². The van der Waals surface area contributed by atoms with Crippen molar-refractivity contribution in [1.29, 1.82) is 0 Å². The second kappa shape index (κ2) is 7.58. The fourth-order valence-electron chi connectivity index (χ4n) is 1.53. The number of nitrogens with one attached hydrogen (secondary N) is 3. The van der Waals surface area contributed by atoms with E-state index >= 15 is 0 Å². The molecule has 104 valence electrons. The minimum Gasteiger partial charge on any atom is -0.484 e. The van der Waals surface area contributed by atoms with Gasteiger partial charge in [0.05, 0.1) is 0 Å². The van der Waals surface area contributed by atoms with Gasteiger partial charge in [-0.1, -0.05) is 6.07 Å². The number of hydrazine groups is 1. The highest BCUT2D eigenvalue weighted by atomic mass is 32.1. The number of carbonyl (C=O) groups excluding carboxylic acids is 1. The van der Waals surface area contributed by atoms with Crippen molar-refractivity contribution in [2.24, 2.45) is 0 Å². The van der Waals surface area contributed by atoms with Crippen molar-refractivity contribution in [3.05, 3.63) is 29.3 Å². The SMILES string of the molecule is CCNC(=S)NNC(=O)COc1cc(C)cc(C)c1. The summed E-state index contributed by atoms with van der Waals surface area (Å²) in [7, 11) is 0. The van der Waals surface area contributed by atoms with Crippen LogP contribution in [0.5, 0.6) is 5.75 Å². The smallest absolute Gasteiger partial charge is 0.276 e. The summed E-state index contributed by atoms with van der Waals surface area (Å²) in [5.74, 6) is 0.390. The van der Waals surface area contributed by atoms with E-state index in [-0.39, 0.29) is 12.5 Å². The Balaban J connectivity index is 2.35. The number of aryl methyl sites for hydroxylation is 2. The van der Waals surface area contributed by atoms with Crippen LogP contribution in [0.2, 0.25) is 0 Å². The molecule has 0 bridgehead atoms. The topological polar surface area (TPSA) is 62.4 Å². The van der Waals surface area contributed by atoms with Crippen LogP contribution in [0.4, 0.5) is 0 Å². The molecule has 19 heavy (non-hydrogen) atoms. The van der Waals surface area contributed by atoms with Gasteiger partial charge in [0, 0.05) is 6.54 Å². The van der Waals surface area contributed by atoms with E-state index in [0.717, 1.165) is 11.1 Å². The molecular formula is C13H19N3O2S. The minimum absolute atomic E-state index is 0.0648. The summed E-state index contributed by atoms with van der Waals surface area (Å²) in [5, 5.41) is 3.23. The number of rotatable bonds is 4. The largest absolute Gasteiger partial charge is 0.484 e. The molecule has 0 spiro atoms. The van der Waals surface area contributed by atoms with Gasteiger partial charge >= 0.3 is 0 Å². The Morgan fingerprint density at radius 3 is 2.42 bits per heavy atom. The van der Waals surface area contributed by atoms with Gasteiger partial charge in [-0.25, -0.2) is 0 Å². The molecule has 0 aliphatic carbocycles. The monoisotopic (exact) mass is 281 g/mol. The summed E-state index contributed by atoms with van der Waals surface area (Å²) in [5.41, 5.74) is 7.23. The second-order valence-electron chi connectivity index (χ2n) is 4.14. The molecule has 0 aliphatic heterocycles. The Bertz CT molecular complexity index is 443. The van der Waals surface area contributed by atoms with Crippen molar-refractivity contribution in [2.45, 2.75) is 20.8 Å². The maximum Gasteiger partial charge on any atom is 0.276 e. The lowest BCUT2D eigenvalue weighted by Gasteiger charge is -2.11. The molecule has 5 nitrogen and oxygen atoms in total. The van der Waals surface area contributed by atoms with Gasteiger partial charge < -0.3 is 10.1 Å². The molecule has 1 amide bonds.